The normalized spacial score (nSPS) is 32.6. The van der Waals surface area contributed by atoms with E-state index in [1.54, 1.807) is 10.9 Å². The van der Waals surface area contributed by atoms with E-state index in [-0.39, 0.29) is 6.61 Å². The average Bonchev–Trinajstić information content (AvgIpc) is 3.22. The maximum absolute atomic E-state index is 10.7. The molecule has 2 radical (unpaired) electrons. The van der Waals surface area contributed by atoms with Crippen molar-refractivity contribution in [3.63, 3.8) is 0 Å². The third kappa shape index (κ3) is 3.51. The van der Waals surface area contributed by atoms with Gasteiger partial charge < -0.3 is 14.7 Å². The number of hydrogen-bond donors (Lipinski definition) is 2. The van der Waals surface area contributed by atoms with Crippen LogP contribution in [0.2, 0.25) is 0 Å². The van der Waals surface area contributed by atoms with E-state index in [2.05, 4.69) is 33.7 Å². The molecule has 0 spiro atoms. The number of anilines is 1. The Labute approximate surface area is 164 Å². The van der Waals surface area contributed by atoms with Crippen LogP contribution in [0.5, 0.6) is 0 Å². The molecule has 5 atom stereocenters. The fourth-order valence-corrected chi connectivity index (χ4v) is 4.75. The summed E-state index contributed by atoms with van der Waals surface area (Å²) >= 11 is 0. The fourth-order valence-electron chi connectivity index (χ4n) is 3.72. The van der Waals surface area contributed by atoms with E-state index in [0.29, 0.717) is 11.2 Å². The van der Waals surface area contributed by atoms with Gasteiger partial charge in [0.1, 0.15) is 25.1 Å². The second kappa shape index (κ2) is 7.81. The number of aromatic nitrogens is 4. The lowest BCUT2D eigenvalue weighted by molar-refractivity contribution is -0.0603. The number of rotatable bonds is 6. The van der Waals surface area contributed by atoms with Gasteiger partial charge in [-0.1, -0.05) is 13.8 Å². The molecule has 2 N–H and O–H groups in total. The zero-order chi connectivity index (χ0) is 19.9. The number of imidazole rings is 1. The van der Waals surface area contributed by atoms with Crippen LogP contribution in [0.1, 0.15) is 32.9 Å². The summed E-state index contributed by atoms with van der Waals surface area (Å²) in [6, 6.07) is 0. The first-order chi connectivity index (χ1) is 13.4. The molecule has 2 unspecified atom stereocenters. The molecule has 2 fully saturated rings. The predicted molar refractivity (Wildman–Crippen MR) is 104 cm³/mol. The van der Waals surface area contributed by atoms with Crippen LogP contribution in [0.3, 0.4) is 0 Å². The molecular formula is C16H24BN5O5P+. The highest BCUT2D eigenvalue weighted by atomic mass is 31.2. The standard InChI is InChI=1S/C16H24BN5O5P/c1-3-5-21(6-4-2)14-11-15(19-8-18-14)22(9-20-11)16-12(23)13-10(26-16)7-25-28(17,24)27-13/h8-10,12-13,16,23-24H,3-7H2,1-2H3/q+1/t10-,12?,13+,16-,28?/m1/s1. The zero-order valence-corrected chi connectivity index (χ0v) is 16.8. The highest BCUT2D eigenvalue weighted by molar-refractivity contribution is 7.85. The van der Waals surface area contributed by atoms with Gasteiger partial charge in [0.15, 0.2) is 29.3 Å². The van der Waals surface area contributed by atoms with Crippen LogP contribution in [-0.4, -0.2) is 75.1 Å². The molecule has 0 saturated carbocycles. The highest BCUT2D eigenvalue weighted by Crippen LogP contribution is 2.58. The van der Waals surface area contributed by atoms with Crippen molar-refractivity contribution in [1.82, 2.24) is 19.5 Å². The van der Waals surface area contributed by atoms with Gasteiger partial charge in [0.25, 0.3) is 0 Å². The third-order valence-electron chi connectivity index (χ3n) is 4.91. The summed E-state index contributed by atoms with van der Waals surface area (Å²) in [5, 5.41) is 10.7. The van der Waals surface area contributed by atoms with Crippen molar-refractivity contribution in [2.75, 3.05) is 24.6 Å². The molecule has 0 aliphatic carbocycles. The molecule has 28 heavy (non-hydrogen) atoms. The minimum atomic E-state index is -3.43. The van der Waals surface area contributed by atoms with Gasteiger partial charge in [0.05, 0.1) is 6.33 Å². The van der Waals surface area contributed by atoms with Crippen LogP contribution in [0.25, 0.3) is 11.2 Å². The molecule has 2 aromatic heterocycles. The minimum Gasteiger partial charge on any atom is -0.385 e. The van der Waals surface area contributed by atoms with E-state index in [0.717, 1.165) is 31.7 Å². The van der Waals surface area contributed by atoms with Crippen molar-refractivity contribution in [2.45, 2.75) is 51.2 Å². The van der Waals surface area contributed by atoms with Gasteiger partial charge in [-0.2, -0.15) is 9.05 Å². The Bertz CT molecular complexity index is 833. The molecule has 2 aliphatic rings. The Morgan fingerprint density at radius 1 is 1.29 bits per heavy atom. The third-order valence-corrected chi connectivity index (χ3v) is 5.97. The molecule has 4 rings (SSSR count). The zero-order valence-electron chi connectivity index (χ0n) is 15.9. The monoisotopic (exact) mass is 408 g/mol. The van der Waals surface area contributed by atoms with Crippen molar-refractivity contribution in [3.8, 4) is 0 Å². The number of hydrogen-bond acceptors (Lipinski definition) is 9. The Morgan fingerprint density at radius 3 is 2.75 bits per heavy atom. The van der Waals surface area contributed by atoms with Gasteiger partial charge in [0.2, 0.25) is 0 Å². The Hall–Kier alpha value is -1.36. The van der Waals surface area contributed by atoms with Crippen LogP contribution in [0.15, 0.2) is 12.7 Å². The van der Waals surface area contributed by atoms with E-state index in [1.165, 1.54) is 6.33 Å². The summed E-state index contributed by atoms with van der Waals surface area (Å²) in [7, 11) is 2.14. The minimum absolute atomic E-state index is 0.0483. The predicted octanol–water partition coefficient (Wildman–Crippen LogP) is 0.965. The molecule has 0 aromatic carbocycles. The number of aliphatic hydroxyl groups excluding tert-OH is 1. The summed E-state index contributed by atoms with van der Waals surface area (Å²) in [5.41, 5.74) is 1.21. The summed E-state index contributed by atoms with van der Waals surface area (Å²) in [6.45, 7) is 6.01. The Kier molecular flexibility index (Phi) is 5.57. The summed E-state index contributed by atoms with van der Waals surface area (Å²) in [4.78, 5) is 25.3. The van der Waals surface area contributed by atoms with Crippen molar-refractivity contribution in [2.24, 2.45) is 0 Å². The molecule has 0 amide bonds. The number of ether oxygens (including phenoxy) is 1. The van der Waals surface area contributed by atoms with Crippen molar-refractivity contribution >= 4 is 32.4 Å². The van der Waals surface area contributed by atoms with Crippen LogP contribution in [0, 0.1) is 0 Å². The van der Waals surface area contributed by atoms with Gasteiger partial charge in [-0.25, -0.2) is 19.8 Å². The molecule has 150 valence electrons. The smallest absolute Gasteiger partial charge is 0.385 e. The van der Waals surface area contributed by atoms with Crippen LogP contribution in [0.4, 0.5) is 5.82 Å². The van der Waals surface area contributed by atoms with E-state index in [4.69, 9.17) is 21.4 Å². The van der Waals surface area contributed by atoms with Crippen molar-refractivity contribution in [1.29, 1.82) is 0 Å². The lowest BCUT2D eigenvalue weighted by atomic mass is 10.1. The molecule has 2 aromatic rings. The molecule has 2 aliphatic heterocycles. The molecule has 12 heteroatoms. The van der Waals surface area contributed by atoms with Crippen LogP contribution in [-0.2, 0) is 13.8 Å². The molecule has 2 saturated heterocycles. The second-order valence-corrected chi connectivity index (χ2v) is 8.59. The Balaban J connectivity index is 1.66. The maximum Gasteiger partial charge on any atom is 0.488 e. The van der Waals surface area contributed by atoms with E-state index < -0.39 is 32.4 Å². The van der Waals surface area contributed by atoms with E-state index in [9.17, 15) is 10.00 Å². The number of fused-ring (bicyclic) bond motifs is 2. The lowest BCUT2D eigenvalue weighted by Gasteiger charge is -2.27. The van der Waals surface area contributed by atoms with Crippen molar-refractivity contribution < 1.29 is 23.8 Å². The molecule has 4 heterocycles. The average molecular weight is 408 g/mol. The van der Waals surface area contributed by atoms with E-state index >= 15 is 0 Å². The number of aliphatic hydroxyl groups is 1. The fraction of sp³-hybridized carbons (Fsp3) is 0.688. The van der Waals surface area contributed by atoms with Crippen LogP contribution >= 0.6 is 7.82 Å². The topological polar surface area (TPSA) is 115 Å². The summed E-state index contributed by atoms with van der Waals surface area (Å²) < 4.78 is 18.0. The first kappa shape index (κ1) is 19.9. The summed E-state index contributed by atoms with van der Waals surface area (Å²) in [6.07, 6.45) is 1.89. The summed E-state index contributed by atoms with van der Waals surface area (Å²) in [5.74, 6) is 0.763. The number of nitrogens with zero attached hydrogens (tertiary/aromatic N) is 5. The van der Waals surface area contributed by atoms with Gasteiger partial charge >= 0.3 is 15.4 Å². The van der Waals surface area contributed by atoms with Gasteiger partial charge in [-0.15, -0.1) is 0 Å². The molecule has 0 bridgehead atoms. The van der Waals surface area contributed by atoms with Crippen molar-refractivity contribution in [3.05, 3.63) is 12.7 Å². The Morgan fingerprint density at radius 2 is 2.04 bits per heavy atom. The van der Waals surface area contributed by atoms with Gasteiger partial charge in [-0.3, -0.25) is 4.57 Å². The maximum atomic E-state index is 10.7. The second-order valence-electron chi connectivity index (χ2n) is 6.99. The quantitative estimate of drug-likeness (QED) is 0.533. The first-order valence-corrected chi connectivity index (χ1v) is 11.1. The van der Waals surface area contributed by atoms with Gasteiger partial charge in [-0.05, 0) is 12.8 Å². The largest absolute Gasteiger partial charge is 0.488 e. The lowest BCUT2D eigenvalue weighted by Crippen LogP contribution is -2.40. The first-order valence-electron chi connectivity index (χ1n) is 9.44. The molecular weight excluding hydrogens is 384 g/mol. The van der Waals surface area contributed by atoms with Gasteiger partial charge in [0, 0.05) is 13.1 Å². The highest BCUT2D eigenvalue weighted by Gasteiger charge is 2.57. The SMILES string of the molecule is [B][P+]1(O)OC[C@H]2O[C@@H](n3cnc4c(N(CCC)CCC)ncnc43)C(O)[C@H]2O1. The van der Waals surface area contributed by atoms with E-state index in [1.807, 2.05) is 0 Å². The van der Waals surface area contributed by atoms with Crippen LogP contribution < -0.4 is 4.90 Å². The molecule has 10 nitrogen and oxygen atoms in total.